The topological polar surface area (TPSA) is 0 Å². The molecule has 0 spiro atoms. The largest absolute Gasteiger partial charge is 0.248 e. The summed E-state index contributed by atoms with van der Waals surface area (Å²) in [6.45, 7) is 13.8. The van der Waals surface area contributed by atoms with E-state index in [1.807, 2.05) is 0 Å². The molecule has 0 heterocycles. The van der Waals surface area contributed by atoms with Gasteiger partial charge in [0.25, 0.3) is 0 Å². The van der Waals surface area contributed by atoms with E-state index in [2.05, 4.69) is 242 Å². The Labute approximate surface area is 373 Å². The van der Waals surface area contributed by atoms with Gasteiger partial charge in [0.1, 0.15) is 0 Å². The maximum Gasteiger partial charge on any atom is 0.248 e. The van der Waals surface area contributed by atoms with Gasteiger partial charge < -0.3 is 0 Å². The lowest BCUT2D eigenvalue weighted by molar-refractivity contribution is 1.38. The van der Waals surface area contributed by atoms with Gasteiger partial charge in [0.05, 0.1) is 0 Å². The smallest absolute Gasteiger partial charge is 0.149 e. The lowest BCUT2D eigenvalue weighted by atomic mass is 9.87. The molecule has 0 unspecified atom stereocenters. The van der Waals surface area contributed by atoms with Crippen molar-refractivity contribution < 1.29 is 0 Å². The van der Waals surface area contributed by atoms with E-state index in [-0.39, 0.29) is 0 Å². The molecule has 0 bridgehead atoms. The van der Waals surface area contributed by atoms with Crippen LogP contribution in [0.5, 0.6) is 0 Å². The second-order valence-electron chi connectivity index (χ2n) is 16.7. The summed E-state index contributed by atoms with van der Waals surface area (Å²) < 4.78 is 0. The van der Waals surface area contributed by atoms with Crippen molar-refractivity contribution >= 4 is 34.0 Å². The number of rotatable bonds is 9. The fourth-order valence-corrected chi connectivity index (χ4v) is 15.9. The van der Waals surface area contributed by atoms with Crippen molar-refractivity contribution in [2.45, 2.75) is 41.5 Å². The molecule has 9 aromatic carbocycles. The van der Waals surface area contributed by atoms with Gasteiger partial charge in [-0.2, -0.15) is 0 Å². The summed E-state index contributed by atoms with van der Waals surface area (Å²) in [5.41, 5.74) is 22.0. The average molecular weight is 836 g/mol. The molecule has 0 fully saturated rings. The van der Waals surface area contributed by atoms with Gasteiger partial charge in [0.15, 0.2) is 0 Å². The lowest BCUT2D eigenvalue weighted by Crippen LogP contribution is -2.65. The third-order valence-electron chi connectivity index (χ3n) is 12.8. The molecule has 0 aliphatic rings. The summed E-state index contributed by atoms with van der Waals surface area (Å²) in [7, 11) is -3.50. The highest BCUT2D eigenvalue weighted by molar-refractivity contribution is 7.41. The van der Waals surface area contributed by atoms with Crippen LogP contribution in [0.15, 0.2) is 200 Å². The van der Waals surface area contributed by atoms with Crippen LogP contribution < -0.4 is 15.6 Å². The Balaban J connectivity index is 1.47. The molecular formula is C60H51ClSi. The molecule has 2 heteroatoms. The number of aryl methyl sites for hydroxylation is 3. The number of hydrogen-bond donors (Lipinski definition) is 0. The van der Waals surface area contributed by atoms with Crippen molar-refractivity contribution in [2.24, 2.45) is 0 Å². The van der Waals surface area contributed by atoms with Crippen molar-refractivity contribution in [3.05, 3.63) is 234 Å². The fourth-order valence-electron chi connectivity index (χ4n) is 10.1. The monoisotopic (exact) mass is 834 g/mol. The van der Waals surface area contributed by atoms with E-state index in [1.54, 1.807) is 0 Å². The molecule has 0 amide bonds. The minimum absolute atomic E-state index is 1.19. The van der Waals surface area contributed by atoms with Crippen LogP contribution >= 0.6 is 11.1 Å². The van der Waals surface area contributed by atoms with Crippen LogP contribution in [0, 0.1) is 41.5 Å². The van der Waals surface area contributed by atoms with Gasteiger partial charge in [-0.05, 0) is 157 Å². The van der Waals surface area contributed by atoms with E-state index in [0.29, 0.717) is 0 Å². The van der Waals surface area contributed by atoms with E-state index >= 15 is 0 Å². The van der Waals surface area contributed by atoms with Gasteiger partial charge in [-0.1, -0.05) is 200 Å². The zero-order valence-corrected chi connectivity index (χ0v) is 38.2. The number of benzene rings is 9. The normalized spacial score (nSPS) is 11.5. The maximum absolute atomic E-state index is 9.16. The molecular weight excluding hydrogens is 784 g/mol. The average Bonchev–Trinajstić information content (AvgIpc) is 3.31. The van der Waals surface area contributed by atoms with E-state index in [1.165, 1.54) is 116 Å². The van der Waals surface area contributed by atoms with E-state index in [4.69, 9.17) is 11.1 Å². The molecule has 0 aromatic heterocycles. The van der Waals surface area contributed by atoms with Crippen LogP contribution in [0.25, 0.3) is 66.8 Å². The van der Waals surface area contributed by atoms with Gasteiger partial charge in [-0.25, -0.2) is 0 Å². The summed E-state index contributed by atoms with van der Waals surface area (Å²) in [6, 6.07) is 72.7. The predicted octanol–water partition coefficient (Wildman–Crippen LogP) is 14.7. The number of hydrogen-bond acceptors (Lipinski definition) is 0. The third kappa shape index (κ3) is 7.16. The molecule has 302 valence electrons. The van der Waals surface area contributed by atoms with Gasteiger partial charge in [-0.15, -0.1) is 11.1 Å². The summed E-state index contributed by atoms with van der Waals surface area (Å²) in [5.74, 6) is 0. The molecule has 0 saturated heterocycles. The minimum Gasteiger partial charge on any atom is -0.149 e. The zero-order chi connectivity index (χ0) is 43.0. The summed E-state index contributed by atoms with van der Waals surface area (Å²) >= 11 is 9.16. The van der Waals surface area contributed by atoms with Crippen LogP contribution in [0.2, 0.25) is 0 Å². The Morgan fingerprint density at radius 3 is 0.629 bits per heavy atom. The van der Waals surface area contributed by atoms with Crippen molar-refractivity contribution in [3.63, 3.8) is 0 Å². The Morgan fingerprint density at radius 2 is 0.435 bits per heavy atom. The second kappa shape index (κ2) is 17.1. The van der Waals surface area contributed by atoms with Gasteiger partial charge in [0, 0.05) is 0 Å². The van der Waals surface area contributed by atoms with Crippen LogP contribution in [0.4, 0.5) is 0 Å². The van der Waals surface area contributed by atoms with Gasteiger partial charge in [0.2, 0.25) is 7.38 Å². The van der Waals surface area contributed by atoms with Crippen LogP contribution in [0.3, 0.4) is 0 Å². The quantitative estimate of drug-likeness (QED) is 0.0772. The summed E-state index contributed by atoms with van der Waals surface area (Å²) in [4.78, 5) is 0. The Kier molecular flexibility index (Phi) is 11.3. The standard InChI is InChI=1S/C60H51ClSi/c1-40-37-52(43(4)58(49-31-19-10-20-32-49)55(40)46-25-13-7-14-26-46)62(61,53-38-41(2)56(47-27-15-8-16-28-47)59(44(53)5)50-33-21-11-22-34-50)54-39-42(3)57(48-29-17-9-18-30-48)60(45(54)6)51-35-23-12-24-36-51/h7-39H,1-6H3. The highest BCUT2D eigenvalue weighted by Gasteiger charge is 2.45. The molecule has 9 aromatic rings. The van der Waals surface area contributed by atoms with E-state index in [0.717, 1.165) is 0 Å². The third-order valence-corrected chi connectivity index (χ3v) is 18.5. The molecule has 62 heavy (non-hydrogen) atoms. The van der Waals surface area contributed by atoms with Gasteiger partial charge >= 0.3 is 0 Å². The molecule has 0 saturated carbocycles. The summed E-state index contributed by atoms with van der Waals surface area (Å²) in [5, 5.41) is 3.66. The SMILES string of the molecule is Cc1cc([Si](Cl)(c2cc(C)c(-c3ccccc3)c(-c3ccccc3)c2C)c2cc(C)c(-c3ccccc3)c(-c3ccccc3)c2C)c(C)c(-c2ccccc2)c1-c1ccccc1. The lowest BCUT2D eigenvalue weighted by Gasteiger charge is -2.36. The van der Waals surface area contributed by atoms with Crippen molar-refractivity contribution in [3.8, 4) is 66.8 Å². The van der Waals surface area contributed by atoms with E-state index < -0.39 is 7.38 Å². The predicted molar refractivity (Wildman–Crippen MR) is 271 cm³/mol. The second-order valence-corrected chi connectivity index (χ2v) is 21.3. The van der Waals surface area contributed by atoms with Crippen molar-refractivity contribution in [1.29, 1.82) is 0 Å². The van der Waals surface area contributed by atoms with Crippen LogP contribution in [0.1, 0.15) is 33.4 Å². The Hall–Kier alpha value is -6.51. The molecule has 0 nitrogen and oxygen atoms in total. The zero-order valence-electron chi connectivity index (χ0n) is 36.4. The molecule has 9 rings (SSSR count). The van der Waals surface area contributed by atoms with Gasteiger partial charge in [-0.3, -0.25) is 0 Å². The molecule has 0 aliphatic carbocycles. The van der Waals surface area contributed by atoms with Crippen LogP contribution in [-0.2, 0) is 0 Å². The van der Waals surface area contributed by atoms with E-state index in [9.17, 15) is 0 Å². The first-order valence-corrected chi connectivity index (χ1v) is 24.6. The van der Waals surface area contributed by atoms with Crippen molar-refractivity contribution in [1.82, 2.24) is 0 Å². The first-order valence-electron chi connectivity index (χ1n) is 21.6. The Bertz CT molecular complexity index is 2700. The Morgan fingerprint density at radius 1 is 0.258 bits per heavy atom. The highest BCUT2D eigenvalue weighted by atomic mass is 35.6. The maximum atomic E-state index is 9.16. The summed E-state index contributed by atoms with van der Waals surface area (Å²) in [6.07, 6.45) is 0. The highest BCUT2D eigenvalue weighted by Crippen LogP contribution is 2.43. The molecule has 0 atom stereocenters. The number of halogens is 1. The molecule has 0 aliphatic heterocycles. The molecule has 0 radical (unpaired) electrons. The first kappa shape index (κ1) is 40.9. The molecule has 0 N–H and O–H groups in total. The fraction of sp³-hybridized carbons (Fsp3) is 0.100. The van der Waals surface area contributed by atoms with Crippen molar-refractivity contribution in [2.75, 3.05) is 0 Å². The minimum atomic E-state index is -3.50. The van der Waals surface area contributed by atoms with Crippen LogP contribution in [-0.4, -0.2) is 7.38 Å². The first-order chi connectivity index (χ1) is 30.2.